The number of carbonyl (C=O) groups is 1. The molecule has 0 aliphatic rings. The number of halogens is 1. The van der Waals surface area contributed by atoms with E-state index in [1.807, 2.05) is 20.8 Å². The molecule has 0 aromatic rings. The molecule has 0 heterocycles. The summed E-state index contributed by atoms with van der Waals surface area (Å²) in [5.74, 6) is 0.121. The fraction of sp³-hybridized carbons (Fsp3) is 0.875. The third-order valence-electron chi connectivity index (χ3n) is 1.00. The van der Waals surface area contributed by atoms with Crippen molar-refractivity contribution in [3.8, 4) is 0 Å². The van der Waals surface area contributed by atoms with Crippen molar-refractivity contribution in [3.63, 3.8) is 0 Å². The van der Waals surface area contributed by atoms with Crippen LogP contribution in [0.25, 0.3) is 0 Å². The Hall–Kier alpha value is 0.270. The molecule has 0 amide bonds. The lowest BCUT2D eigenvalue weighted by atomic mass is 10.3. The Kier molecular flexibility index (Phi) is 5.21. The first-order chi connectivity index (χ1) is 5.35. The maximum absolute atomic E-state index is 11.2. The Bertz CT molecular complexity index is 154. The molecular formula is C8H15ClO2S. The molecule has 2 nitrogen and oxygen atoms in total. The van der Waals surface area contributed by atoms with Gasteiger partial charge in [-0.3, -0.25) is 4.79 Å². The van der Waals surface area contributed by atoms with Crippen LogP contribution in [0, 0.1) is 0 Å². The minimum Gasteiger partial charge on any atom is -0.391 e. The van der Waals surface area contributed by atoms with Crippen molar-refractivity contribution >= 4 is 28.5 Å². The molecule has 1 unspecified atom stereocenters. The molecule has 1 N–H and O–H groups in total. The maximum Gasteiger partial charge on any atom is 0.192 e. The summed E-state index contributed by atoms with van der Waals surface area (Å²) in [4.78, 5) is 11.2. The van der Waals surface area contributed by atoms with Gasteiger partial charge in [-0.2, -0.15) is 0 Å². The van der Waals surface area contributed by atoms with Crippen molar-refractivity contribution in [1.29, 1.82) is 0 Å². The second-order valence-corrected chi connectivity index (χ2v) is 5.79. The number of carbonyl (C=O) groups excluding carboxylic acids is 1. The summed E-state index contributed by atoms with van der Waals surface area (Å²) in [6.45, 7) is 5.88. The molecule has 0 aromatic heterocycles. The molecule has 1 atom stereocenters. The summed E-state index contributed by atoms with van der Waals surface area (Å²) in [5, 5.41) is 9.06. The van der Waals surface area contributed by atoms with E-state index >= 15 is 0 Å². The Balaban J connectivity index is 3.75. The van der Waals surface area contributed by atoms with Crippen molar-refractivity contribution in [2.45, 2.75) is 38.0 Å². The van der Waals surface area contributed by atoms with Crippen molar-refractivity contribution in [2.24, 2.45) is 0 Å². The summed E-state index contributed by atoms with van der Waals surface area (Å²) in [7, 11) is 0. The van der Waals surface area contributed by atoms with E-state index in [0.717, 1.165) is 0 Å². The normalized spacial score (nSPS) is 14.4. The number of hydrogen-bond donors (Lipinski definition) is 1. The first-order valence-corrected chi connectivity index (χ1v) is 5.16. The zero-order valence-corrected chi connectivity index (χ0v) is 9.21. The number of rotatable bonds is 3. The summed E-state index contributed by atoms with van der Waals surface area (Å²) in [5.41, 5.74) is 0. The van der Waals surface area contributed by atoms with Gasteiger partial charge in [0.15, 0.2) is 5.12 Å². The predicted molar refractivity (Wildman–Crippen MR) is 53.7 cm³/mol. The average Bonchev–Trinajstić information content (AvgIpc) is 1.82. The fourth-order valence-electron chi connectivity index (χ4n) is 0.630. The van der Waals surface area contributed by atoms with Crippen molar-refractivity contribution in [3.05, 3.63) is 0 Å². The van der Waals surface area contributed by atoms with Crippen LogP contribution in [0.4, 0.5) is 0 Å². The standard InChI is InChI=1S/C8H15ClO2S/c1-8(2,3)12-7(11)4-6(10)5-9/h6,10H,4-5H2,1-3H3. The quantitative estimate of drug-likeness (QED) is 0.725. The largest absolute Gasteiger partial charge is 0.391 e. The molecule has 0 saturated heterocycles. The highest BCUT2D eigenvalue weighted by Crippen LogP contribution is 2.25. The highest BCUT2D eigenvalue weighted by molar-refractivity contribution is 8.14. The number of hydrogen-bond acceptors (Lipinski definition) is 3. The molecule has 12 heavy (non-hydrogen) atoms. The van der Waals surface area contributed by atoms with Gasteiger partial charge < -0.3 is 5.11 Å². The van der Waals surface area contributed by atoms with Gasteiger partial charge in [0.25, 0.3) is 0 Å². The van der Waals surface area contributed by atoms with Gasteiger partial charge in [-0.25, -0.2) is 0 Å². The first-order valence-electron chi connectivity index (χ1n) is 3.81. The van der Waals surface area contributed by atoms with Crippen LogP contribution in [0.1, 0.15) is 27.2 Å². The second-order valence-electron chi connectivity index (χ2n) is 3.60. The van der Waals surface area contributed by atoms with Crippen LogP contribution in [-0.4, -0.2) is 27.0 Å². The average molecular weight is 211 g/mol. The summed E-state index contributed by atoms with van der Waals surface area (Å²) in [6, 6.07) is 0. The molecule has 0 aromatic carbocycles. The predicted octanol–water partition coefficient (Wildman–Crippen LogP) is 2.03. The maximum atomic E-state index is 11.2. The SMILES string of the molecule is CC(C)(C)SC(=O)CC(O)CCl. The van der Waals surface area contributed by atoms with Gasteiger partial charge in [-0.1, -0.05) is 32.5 Å². The monoisotopic (exact) mass is 210 g/mol. The fourth-order valence-corrected chi connectivity index (χ4v) is 1.70. The van der Waals surface area contributed by atoms with Gasteiger partial charge in [-0.15, -0.1) is 11.6 Å². The van der Waals surface area contributed by atoms with Crippen LogP contribution in [0.3, 0.4) is 0 Å². The van der Waals surface area contributed by atoms with E-state index in [2.05, 4.69) is 0 Å². The number of aliphatic hydroxyl groups is 1. The van der Waals surface area contributed by atoms with Gasteiger partial charge in [-0.05, 0) is 0 Å². The van der Waals surface area contributed by atoms with E-state index in [1.165, 1.54) is 11.8 Å². The van der Waals surface area contributed by atoms with Gasteiger partial charge in [0.05, 0.1) is 6.10 Å². The Morgan fingerprint density at radius 1 is 1.58 bits per heavy atom. The zero-order valence-electron chi connectivity index (χ0n) is 7.63. The molecule has 0 saturated carbocycles. The van der Waals surface area contributed by atoms with Gasteiger partial charge in [0, 0.05) is 17.0 Å². The molecular weight excluding hydrogens is 196 g/mol. The van der Waals surface area contributed by atoms with E-state index < -0.39 is 6.10 Å². The smallest absolute Gasteiger partial charge is 0.192 e. The van der Waals surface area contributed by atoms with Gasteiger partial charge >= 0.3 is 0 Å². The summed E-state index contributed by atoms with van der Waals surface area (Å²) < 4.78 is -0.0802. The van der Waals surface area contributed by atoms with Crippen LogP contribution < -0.4 is 0 Å². The van der Waals surface area contributed by atoms with Crippen LogP contribution in [-0.2, 0) is 4.79 Å². The Morgan fingerprint density at radius 3 is 2.42 bits per heavy atom. The summed E-state index contributed by atoms with van der Waals surface area (Å²) in [6.07, 6.45) is -0.556. The number of aliphatic hydroxyl groups excluding tert-OH is 1. The molecule has 0 radical (unpaired) electrons. The highest BCUT2D eigenvalue weighted by atomic mass is 35.5. The highest BCUT2D eigenvalue weighted by Gasteiger charge is 2.18. The van der Waals surface area contributed by atoms with Gasteiger partial charge in [0.2, 0.25) is 0 Å². The van der Waals surface area contributed by atoms with Crippen LogP contribution in [0.5, 0.6) is 0 Å². The first kappa shape index (κ1) is 12.3. The Labute approximate surface area is 82.7 Å². The van der Waals surface area contributed by atoms with Crippen LogP contribution >= 0.6 is 23.4 Å². The third kappa shape index (κ3) is 6.95. The molecule has 0 rings (SSSR count). The molecule has 0 aliphatic heterocycles. The molecule has 72 valence electrons. The van der Waals surface area contributed by atoms with Crippen molar-refractivity contribution in [1.82, 2.24) is 0 Å². The number of thioether (sulfide) groups is 1. The molecule has 0 spiro atoms. The van der Waals surface area contributed by atoms with E-state index in [0.29, 0.717) is 0 Å². The molecule has 0 aliphatic carbocycles. The van der Waals surface area contributed by atoms with Gasteiger partial charge in [0.1, 0.15) is 0 Å². The number of alkyl halides is 1. The lowest BCUT2D eigenvalue weighted by Crippen LogP contribution is -2.17. The molecule has 4 heteroatoms. The molecule has 0 fully saturated rings. The minimum absolute atomic E-state index is 0.00403. The third-order valence-corrected chi connectivity index (χ3v) is 2.36. The van der Waals surface area contributed by atoms with Crippen molar-refractivity contribution < 1.29 is 9.90 Å². The van der Waals surface area contributed by atoms with E-state index in [-0.39, 0.29) is 22.2 Å². The summed E-state index contributed by atoms with van der Waals surface area (Å²) >= 11 is 6.60. The van der Waals surface area contributed by atoms with Crippen molar-refractivity contribution in [2.75, 3.05) is 5.88 Å². The zero-order chi connectivity index (χ0) is 9.78. The lowest BCUT2D eigenvalue weighted by Gasteiger charge is -2.16. The Morgan fingerprint density at radius 2 is 2.08 bits per heavy atom. The van der Waals surface area contributed by atoms with E-state index in [9.17, 15) is 4.79 Å². The molecule has 0 bridgehead atoms. The second kappa shape index (κ2) is 5.10. The van der Waals surface area contributed by atoms with E-state index in [4.69, 9.17) is 16.7 Å². The van der Waals surface area contributed by atoms with Crippen LogP contribution in [0.2, 0.25) is 0 Å². The lowest BCUT2D eigenvalue weighted by molar-refractivity contribution is -0.112. The minimum atomic E-state index is -0.700. The van der Waals surface area contributed by atoms with Crippen LogP contribution in [0.15, 0.2) is 0 Å². The topological polar surface area (TPSA) is 37.3 Å². The van der Waals surface area contributed by atoms with E-state index in [1.54, 1.807) is 0 Å².